The van der Waals surface area contributed by atoms with Crippen molar-refractivity contribution in [2.45, 2.75) is 45.1 Å². The van der Waals surface area contributed by atoms with Gasteiger partial charge in [-0.05, 0) is 49.6 Å². The number of hydrogen-bond acceptors (Lipinski definition) is 3. The summed E-state index contributed by atoms with van der Waals surface area (Å²) >= 11 is 1.84. The van der Waals surface area contributed by atoms with Crippen molar-refractivity contribution >= 4 is 17.2 Å². The highest BCUT2D eigenvalue weighted by atomic mass is 32.1. The van der Waals surface area contributed by atoms with Gasteiger partial charge in [0.05, 0.1) is 0 Å². The lowest BCUT2D eigenvalue weighted by Gasteiger charge is -2.32. The molecule has 1 aliphatic carbocycles. The molecule has 4 heteroatoms. The lowest BCUT2D eigenvalue weighted by Crippen LogP contribution is -2.41. The van der Waals surface area contributed by atoms with Crippen molar-refractivity contribution in [1.82, 2.24) is 10.2 Å². The zero-order valence-corrected chi connectivity index (χ0v) is 13.5. The number of nitrogens with zero attached hydrogens (tertiary/aromatic N) is 1. The number of carbonyl (C=O) groups excluding carboxylic acids is 1. The van der Waals surface area contributed by atoms with Crippen LogP contribution in [0.1, 0.15) is 43.4 Å². The van der Waals surface area contributed by atoms with Crippen LogP contribution in [0.2, 0.25) is 0 Å². The molecule has 1 saturated heterocycles. The minimum atomic E-state index is 0.302. The molecule has 21 heavy (non-hydrogen) atoms. The van der Waals surface area contributed by atoms with Crippen LogP contribution in [0.15, 0.2) is 17.5 Å². The third-order valence-electron chi connectivity index (χ3n) is 4.85. The third-order valence-corrected chi connectivity index (χ3v) is 5.71. The largest absolute Gasteiger partial charge is 0.356 e. The lowest BCUT2D eigenvalue weighted by molar-refractivity contribution is -0.125. The molecule has 3 rings (SSSR count). The average Bonchev–Trinajstić information content (AvgIpc) is 3.18. The zero-order valence-electron chi connectivity index (χ0n) is 12.7. The second-order valence-electron chi connectivity index (χ2n) is 6.55. The van der Waals surface area contributed by atoms with E-state index in [9.17, 15) is 4.79 Å². The molecule has 1 aliphatic heterocycles. The summed E-state index contributed by atoms with van der Waals surface area (Å²) in [5, 5.41) is 5.36. The van der Waals surface area contributed by atoms with Gasteiger partial charge in [0.25, 0.3) is 0 Å². The minimum Gasteiger partial charge on any atom is -0.356 e. The maximum absolute atomic E-state index is 12.1. The zero-order chi connectivity index (χ0) is 14.5. The highest BCUT2D eigenvalue weighted by Gasteiger charge is 2.25. The molecule has 1 aromatic heterocycles. The van der Waals surface area contributed by atoms with Crippen LogP contribution in [0.4, 0.5) is 0 Å². The Hall–Kier alpha value is -0.870. The monoisotopic (exact) mass is 306 g/mol. The van der Waals surface area contributed by atoms with Crippen molar-refractivity contribution < 1.29 is 4.79 Å². The summed E-state index contributed by atoms with van der Waals surface area (Å²) < 4.78 is 0. The van der Waals surface area contributed by atoms with Gasteiger partial charge in [-0.15, -0.1) is 11.3 Å². The van der Waals surface area contributed by atoms with Gasteiger partial charge in [0, 0.05) is 30.4 Å². The summed E-state index contributed by atoms with van der Waals surface area (Å²) in [4.78, 5) is 16.1. The number of piperidine rings is 1. The summed E-state index contributed by atoms with van der Waals surface area (Å²) in [5.41, 5.74) is 0. The predicted octanol–water partition coefficient (Wildman–Crippen LogP) is 3.27. The molecule has 2 heterocycles. The Labute approximate surface area is 131 Å². The van der Waals surface area contributed by atoms with E-state index in [0.29, 0.717) is 17.7 Å². The summed E-state index contributed by atoms with van der Waals surface area (Å²) in [5.74, 6) is 1.24. The Balaban J connectivity index is 1.42. The maximum Gasteiger partial charge on any atom is 0.223 e. The van der Waals surface area contributed by atoms with Gasteiger partial charge >= 0.3 is 0 Å². The Kier molecular flexibility index (Phi) is 5.31. The Morgan fingerprint density at radius 3 is 2.90 bits per heavy atom. The van der Waals surface area contributed by atoms with E-state index in [2.05, 4.69) is 27.7 Å². The van der Waals surface area contributed by atoms with Crippen molar-refractivity contribution in [3.8, 4) is 0 Å². The molecule has 1 atom stereocenters. The van der Waals surface area contributed by atoms with Crippen molar-refractivity contribution in [2.75, 3.05) is 19.6 Å². The molecule has 0 bridgehead atoms. The molecule has 3 nitrogen and oxygen atoms in total. The van der Waals surface area contributed by atoms with Crippen LogP contribution in [0.25, 0.3) is 0 Å². The Morgan fingerprint density at radius 1 is 1.29 bits per heavy atom. The number of rotatable bonds is 5. The molecule has 116 valence electrons. The summed E-state index contributed by atoms with van der Waals surface area (Å²) in [6, 6.07) is 4.35. The van der Waals surface area contributed by atoms with E-state index in [4.69, 9.17) is 0 Å². The molecule has 2 aliphatic rings. The predicted molar refractivity (Wildman–Crippen MR) is 87.3 cm³/mol. The van der Waals surface area contributed by atoms with E-state index in [-0.39, 0.29) is 0 Å². The topological polar surface area (TPSA) is 32.3 Å². The molecule has 0 unspecified atom stereocenters. The van der Waals surface area contributed by atoms with Gasteiger partial charge in [-0.25, -0.2) is 0 Å². The first-order chi connectivity index (χ1) is 10.3. The molecule has 0 radical (unpaired) electrons. The maximum atomic E-state index is 12.1. The molecule has 1 saturated carbocycles. The number of hydrogen-bond donors (Lipinski definition) is 1. The van der Waals surface area contributed by atoms with Crippen LogP contribution in [0.3, 0.4) is 0 Å². The Morgan fingerprint density at radius 2 is 2.14 bits per heavy atom. The van der Waals surface area contributed by atoms with Crippen LogP contribution < -0.4 is 5.32 Å². The molecule has 0 aromatic carbocycles. The number of carbonyl (C=O) groups is 1. The van der Waals surface area contributed by atoms with Crippen LogP contribution in [0, 0.1) is 11.8 Å². The van der Waals surface area contributed by atoms with Crippen LogP contribution in [-0.2, 0) is 11.3 Å². The van der Waals surface area contributed by atoms with Gasteiger partial charge in [0.15, 0.2) is 0 Å². The van der Waals surface area contributed by atoms with Crippen molar-refractivity contribution in [3.63, 3.8) is 0 Å². The van der Waals surface area contributed by atoms with Crippen LogP contribution in [0.5, 0.6) is 0 Å². The smallest absolute Gasteiger partial charge is 0.223 e. The number of likely N-dealkylation sites (tertiary alicyclic amines) is 1. The number of thiophene rings is 1. The normalized spacial score (nSPS) is 24.3. The minimum absolute atomic E-state index is 0.302. The van der Waals surface area contributed by atoms with Gasteiger partial charge in [-0.3, -0.25) is 9.69 Å². The second-order valence-corrected chi connectivity index (χ2v) is 7.58. The van der Waals surface area contributed by atoms with Gasteiger partial charge in [-0.1, -0.05) is 18.9 Å². The van der Waals surface area contributed by atoms with E-state index in [1.807, 2.05) is 11.3 Å². The second kappa shape index (κ2) is 7.41. The summed E-state index contributed by atoms with van der Waals surface area (Å²) in [7, 11) is 0. The van der Waals surface area contributed by atoms with E-state index in [1.54, 1.807) is 0 Å². The van der Waals surface area contributed by atoms with Gasteiger partial charge in [-0.2, -0.15) is 0 Å². The quantitative estimate of drug-likeness (QED) is 0.905. The molecule has 1 N–H and O–H groups in total. The fourth-order valence-electron chi connectivity index (χ4n) is 3.66. The molecule has 0 spiro atoms. The van der Waals surface area contributed by atoms with Crippen molar-refractivity contribution in [3.05, 3.63) is 22.4 Å². The van der Waals surface area contributed by atoms with E-state index in [0.717, 1.165) is 32.5 Å². The summed E-state index contributed by atoms with van der Waals surface area (Å²) in [6.45, 7) is 4.27. The van der Waals surface area contributed by atoms with Crippen LogP contribution in [-0.4, -0.2) is 30.4 Å². The number of nitrogens with one attached hydrogen (secondary N) is 1. The lowest BCUT2D eigenvalue weighted by atomic mass is 9.97. The first-order valence-corrected chi connectivity index (χ1v) is 9.21. The van der Waals surface area contributed by atoms with Gasteiger partial charge < -0.3 is 5.32 Å². The highest BCUT2D eigenvalue weighted by Crippen LogP contribution is 2.25. The molecule has 1 aromatic rings. The third kappa shape index (κ3) is 4.30. The highest BCUT2D eigenvalue weighted by molar-refractivity contribution is 7.09. The fraction of sp³-hybridized carbons (Fsp3) is 0.706. The first-order valence-electron chi connectivity index (χ1n) is 8.33. The standard InChI is InChI=1S/C17H26N2OS/c20-17(15-6-1-2-7-15)18-11-14-5-3-9-19(12-14)13-16-8-4-10-21-16/h4,8,10,14-15H,1-3,5-7,9,11-13H2,(H,18,20)/t14-/m0/s1. The van der Waals surface area contributed by atoms with E-state index in [1.165, 1.54) is 37.1 Å². The summed E-state index contributed by atoms with van der Waals surface area (Å²) in [6.07, 6.45) is 7.18. The molecular weight excluding hydrogens is 280 g/mol. The van der Waals surface area contributed by atoms with E-state index < -0.39 is 0 Å². The van der Waals surface area contributed by atoms with E-state index >= 15 is 0 Å². The average molecular weight is 306 g/mol. The number of amides is 1. The van der Waals surface area contributed by atoms with Gasteiger partial charge in [0.2, 0.25) is 5.91 Å². The molecular formula is C17H26N2OS. The Bertz CT molecular complexity index is 440. The van der Waals surface area contributed by atoms with Crippen LogP contribution >= 0.6 is 11.3 Å². The SMILES string of the molecule is O=C(NC[C@@H]1CCCN(Cc2cccs2)C1)C1CCCC1. The molecule has 1 amide bonds. The van der Waals surface area contributed by atoms with Crippen molar-refractivity contribution in [2.24, 2.45) is 11.8 Å². The fourth-order valence-corrected chi connectivity index (χ4v) is 4.41. The first kappa shape index (κ1) is 15.0. The van der Waals surface area contributed by atoms with Gasteiger partial charge in [0.1, 0.15) is 0 Å². The molecule has 2 fully saturated rings. The van der Waals surface area contributed by atoms with Crippen molar-refractivity contribution in [1.29, 1.82) is 0 Å².